The lowest BCUT2D eigenvalue weighted by molar-refractivity contribution is -0.117. The lowest BCUT2D eigenvalue weighted by atomic mass is 9.97. The first kappa shape index (κ1) is 17.6. The Balaban J connectivity index is 1.58. The van der Waals surface area contributed by atoms with Gasteiger partial charge in [0, 0.05) is 25.2 Å². The standard InChI is InChI=1S/C20H18N4O2S/c1-11-24-18-17(13-3-4-13)15(10-23-20(18)27-11)7-16(25)6-12-5-14(8-21)19(26-2)22-9-12/h5,9-10,13H,3-4,6-7H2,1-2H3. The van der Waals surface area contributed by atoms with Gasteiger partial charge in [-0.15, -0.1) is 0 Å². The van der Waals surface area contributed by atoms with E-state index in [9.17, 15) is 10.1 Å². The minimum Gasteiger partial charge on any atom is -0.480 e. The van der Waals surface area contributed by atoms with Crippen LogP contribution in [0.2, 0.25) is 0 Å². The number of thiazole rings is 1. The molecule has 0 aliphatic heterocycles. The number of Topliss-reactive ketones (excluding diaryl/α,β-unsaturated/α-hetero) is 1. The van der Waals surface area contributed by atoms with Crippen molar-refractivity contribution >= 4 is 27.5 Å². The van der Waals surface area contributed by atoms with E-state index in [-0.39, 0.29) is 18.1 Å². The summed E-state index contributed by atoms with van der Waals surface area (Å²) in [5, 5.41) is 10.2. The largest absolute Gasteiger partial charge is 0.480 e. The number of aryl methyl sites for hydroxylation is 1. The van der Waals surface area contributed by atoms with Crippen LogP contribution in [0.4, 0.5) is 0 Å². The van der Waals surface area contributed by atoms with Gasteiger partial charge in [-0.2, -0.15) is 5.26 Å². The summed E-state index contributed by atoms with van der Waals surface area (Å²) >= 11 is 1.59. The van der Waals surface area contributed by atoms with Crippen LogP contribution < -0.4 is 4.74 Å². The van der Waals surface area contributed by atoms with Crippen LogP contribution in [0.25, 0.3) is 10.3 Å². The highest BCUT2D eigenvalue weighted by Gasteiger charge is 2.30. The number of nitrogens with zero attached hydrogens (tertiary/aromatic N) is 4. The molecule has 1 aliphatic carbocycles. The minimum atomic E-state index is 0.0702. The highest BCUT2D eigenvalue weighted by molar-refractivity contribution is 7.18. The third kappa shape index (κ3) is 3.53. The fraction of sp³-hybridized carbons (Fsp3) is 0.350. The zero-order chi connectivity index (χ0) is 19.0. The van der Waals surface area contributed by atoms with E-state index in [1.807, 2.05) is 19.2 Å². The predicted octanol–water partition coefficient (Wildman–Crippen LogP) is 3.51. The summed E-state index contributed by atoms with van der Waals surface area (Å²) in [5.74, 6) is 0.840. The highest BCUT2D eigenvalue weighted by Crippen LogP contribution is 2.45. The van der Waals surface area contributed by atoms with Gasteiger partial charge >= 0.3 is 0 Å². The zero-order valence-corrected chi connectivity index (χ0v) is 16.0. The summed E-state index contributed by atoms with van der Waals surface area (Å²) in [4.78, 5) is 26.9. The Labute approximate surface area is 160 Å². The Morgan fingerprint density at radius 2 is 2.15 bits per heavy atom. The number of hydrogen-bond donors (Lipinski definition) is 0. The third-order valence-electron chi connectivity index (χ3n) is 4.65. The lowest BCUT2D eigenvalue weighted by Crippen LogP contribution is -2.10. The van der Waals surface area contributed by atoms with Crippen molar-refractivity contribution in [1.82, 2.24) is 15.0 Å². The third-order valence-corrected chi connectivity index (χ3v) is 5.53. The summed E-state index contributed by atoms with van der Waals surface area (Å²) in [5.41, 5.74) is 4.18. The van der Waals surface area contributed by atoms with Crippen molar-refractivity contribution in [1.29, 1.82) is 5.26 Å². The summed E-state index contributed by atoms with van der Waals surface area (Å²) in [6.45, 7) is 1.98. The van der Waals surface area contributed by atoms with Crippen molar-refractivity contribution in [3.8, 4) is 11.9 Å². The second-order valence-electron chi connectivity index (χ2n) is 6.76. The van der Waals surface area contributed by atoms with Crippen LogP contribution in [-0.2, 0) is 17.6 Å². The molecule has 1 saturated carbocycles. The first-order valence-electron chi connectivity index (χ1n) is 8.78. The number of ether oxygens (including phenoxy) is 1. The Hall–Kier alpha value is -2.85. The second kappa shape index (κ2) is 7.05. The summed E-state index contributed by atoms with van der Waals surface area (Å²) in [6.07, 6.45) is 6.25. The van der Waals surface area contributed by atoms with E-state index in [0.29, 0.717) is 23.5 Å². The van der Waals surface area contributed by atoms with Gasteiger partial charge in [0.2, 0.25) is 5.88 Å². The van der Waals surface area contributed by atoms with Crippen molar-refractivity contribution < 1.29 is 9.53 Å². The molecule has 0 saturated heterocycles. The molecule has 0 aromatic carbocycles. The van der Waals surface area contributed by atoms with Crippen molar-refractivity contribution in [2.24, 2.45) is 0 Å². The molecule has 136 valence electrons. The van der Waals surface area contributed by atoms with Crippen LogP contribution >= 0.6 is 11.3 Å². The van der Waals surface area contributed by atoms with Crippen LogP contribution in [0, 0.1) is 18.3 Å². The highest BCUT2D eigenvalue weighted by atomic mass is 32.1. The maximum Gasteiger partial charge on any atom is 0.231 e. The van der Waals surface area contributed by atoms with E-state index in [1.165, 1.54) is 12.7 Å². The van der Waals surface area contributed by atoms with E-state index in [0.717, 1.165) is 33.8 Å². The van der Waals surface area contributed by atoms with Crippen LogP contribution in [-0.4, -0.2) is 27.8 Å². The molecule has 27 heavy (non-hydrogen) atoms. The van der Waals surface area contributed by atoms with Gasteiger partial charge in [0.05, 0.1) is 12.1 Å². The number of aromatic nitrogens is 3. The molecular formula is C20H18N4O2S. The number of carbonyl (C=O) groups excluding carboxylic acids is 1. The first-order valence-corrected chi connectivity index (χ1v) is 9.60. The Morgan fingerprint density at radius 1 is 1.33 bits per heavy atom. The van der Waals surface area contributed by atoms with Crippen LogP contribution in [0.15, 0.2) is 18.5 Å². The van der Waals surface area contributed by atoms with Crippen molar-refractivity contribution in [2.75, 3.05) is 7.11 Å². The van der Waals surface area contributed by atoms with Gasteiger partial charge in [-0.05, 0) is 48.4 Å². The molecule has 7 heteroatoms. The van der Waals surface area contributed by atoms with Crippen molar-refractivity contribution in [3.05, 3.63) is 45.7 Å². The molecule has 0 atom stereocenters. The smallest absolute Gasteiger partial charge is 0.231 e. The molecule has 0 radical (unpaired) electrons. The van der Waals surface area contributed by atoms with Crippen LogP contribution in [0.1, 0.15) is 46.0 Å². The summed E-state index contributed by atoms with van der Waals surface area (Å²) < 4.78 is 5.05. The number of pyridine rings is 2. The quantitative estimate of drug-likeness (QED) is 0.652. The van der Waals surface area contributed by atoms with Crippen LogP contribution in [0.5, 0.6) is 5.88 Å². The Bertz CT molecular complexity index is 1080. The van der Waals surface area contributed by atoms with E-state index in [1.54, 1.807) is 23.6 Å². The van der Waals surface area contributed by atoms with Gasteiger partial charge in [0.1, 0.15) is 27.8 Å². The molecule has 3 heterocycles. The molecule has 0 unspecified atom stereocenters. The molecule has 1 fully saturated rings. The topological polar surface area (TPSA) is 88.8 Å². The average Bonchev–Trinajstić information content (AvgIpc) is 3.41. The van der Waals surface area contributed by atoms with Gasteiger partial charge in [-0.3, -0.25) is 4.79 Å². The average molecular weight is 378 g/mol. The Kier molecular flexibility index (Phi) is 4.58. The first-order chi connectivity index (χ1) is 13.1. The molecule has 3 aromatic rings. The SMILES string of the molecule is COc1ncc(CC(=O)Cc2cnc3sc(C)nc3c2C2CC2)cc1C#N. The number of carbonyl (C=O) groups is 1. The zero-order valence-electron chi connectivity index (χ0n) is 15.2. The number of methoxy groups -OCH3 is 1. The van der Waals surface area contributed by atoms with Gasteiger partial charge in [-0.25, -0.2) is 15.0 Å². The van der Waals surface area contributed by atoms with Gasteiger partial charge < -0.3 is 4.74 Å². The monoisotopic (exact) mass is 378 g/mol. The fourth-order valence-corrected chi connectivity index (χ4v) is 4.12. The number of nitriles is 1. The molecule has 6 nitrogen and oxygen atoms in total. The van der Waals surface area contributed by atoms with E-state index >= 15 is 0 Å². The maximum absolute atomic E-state index is 12.7. The normalized spacial score (nSPS) is 13.5. The van der Waals surface area contributed by atoms with Gasteiger partial charge in [0.25, 0.3) is 0 Å². The summed E-state index contributed by atoms with van der Waals surface area (Å²) in [7, 11) is 1.47. The van der Waals surface area contributed by atoms with E-state index in [4.69, 9.17) is 4.74 Å². The Morgan fingerprint density at radius 3 is 2.85 bits per heavy atom. The molecule has 0 spiro atoms. The number of ketones is 1. The van der Waals surface area contributed by atoms with Gasteiger partial charge in [-0.1, -0.05) is 11.3 Å². The number of hydrogen-bond acceptors (Lipinski definition) is 7. The second-order valence-corrected chi connectivity index (χ2v) is 7.94. The molecule has 0 amide bonds. The maximum atomic E-state index is 12.7. The summed E-state index contributed by atoms with van der Waals surface area (Å²) in [6, 6.07) is 3.71. The minimum absolute atomic E-state index is 0.0702. The van der Waals surface area contributed by atoms with E-state index in [2.05, 4.69) is 15.0 Å². The fourth-order valence-electron chi connectivity index (χ4n) is 3.34. The van der Waals surface area contributed by atoms with E-state index < -0.39 is 0 Å². The predicted molar refractivity (Wildman–Crippen MR) is 102 cm³/mol. The number of fused-ring (bicyclic) bond motifs is 1. The molecule has 0 N–H and O–H groups in total. The van der Waals surface area contributed by atoms with Crippen molar-refractivity contribution in [2.45, 2.75) is 38.5 Å². The molecular weight excluding hydrogens is 360 g/mol. The number of rotatable bonds is 6. The molecule has 0 bridgehead atoms. The van der Waals surface area contributed by atoms with Crippen LogP contribution in [0.3, 0.4) is 0 Å². The molecule has 3 aromatic heterocycles. The van der Waals surface area contributed by atoms with Gasteiger partial charge in [0.15, 0.2) is 0 Å². The molecule has 1 aliphatic rings. The lowest BCUT2D eigenvalue weighted by Gasteiger charge is -2.09. The molecule has 4 rings (SSSR count). The van der Waals surface area contributed by atoms with Crippen molar-refractivity contribution in [3.63, 3.8) is 0 Å².